The second kappa shape index (κ2) is 7.69. The summed E-state index contributed by atoms with van der Waals surface area (Å²) in [4.78, 5) is 6.98. The highest BCUT2D eigenvalue weighted by Crippen LogP contribution is 2.26. The molecule has 0 atom stereocenters. The number of nitrogens with zero attached hydrogens (tertiary/aromatic N) is 3. The van der Waals surface area contributed by atoms with E-state index >= 15 is 0 Å². The molecule has 1 aliphatic rings. The maximum atomic E-state index is 9.46. The van der Waals surface area contributed by atoms with Gasteiger partial charge in [0, 0.05) is 25.0 Å². The van der Waals surface area contributed by atoms with E-state index in [1.807, 2.05) is 24.3 Å². The van der Waals surface area contributed by atoms with Crippen molar-refractivity contribution in [3.05, 3.63) is 48.0 Å². The van der Waals surface area contributed by atoms with Crippen LogP contribution >= 0.6 is 0 Å². The summed E-state index contributed by atoms with van der Waals surface area (Å²) in [6.45, 7) is 5.09. The zero-order valence-corrected chi connectivity index (χ0v) is 14.6. The molecule has 0 aliphatic carbocycles. The van der Waals surface area contributed by atoms with Gasteiger partial charge >= 0.3 is 0 Å². The zero-order valence-electron chi connectivity index (χ0n) is 14.6. The fourth-order valence-electron chi connectivity index (χ4n) is 3.32. The summed E-state index contributed by atoms with van der Waals surface area (Å²) in [6, 6.07) is 16.4. The summed E-state index contributed by atoms with van der Waals surface area (Å²) in [5.41, 5.74) is 1.34. The molecule has 0 N–H and O–H groups in total. The van der Waals surface area contributed by atoms with Gasteiger partial charge < -0.3 is 9.47 Å². The molecular formula is C21H21N3O2. The fourth-order valence-corrected chi connectivity index (χ4v) is 3.32. The SMILES string of the molecule is N#Cc1cc2cc3ccccc3cc2nc1OCCCN1CCOCC1. The standard InChI is InChI=1S/C21H21N3O2/c22-15-19-13-18-12-16-4-1-2-5-17(16)14-20(18)23-21(19)26-9-3-6-24-7-10-25-11-8-24/h1-2,4-5,12-14H,3,6-11H2. The van der Waals surface area contributed by atoms with Crippen molar-refractivity contribution in [2.75, 3.05) is 39.5 Å². The Morgan fingerprint density at radius 1 is 1.08 bits per heavy atom. The summed E-state index contributed by atoms with van der Waals surface area (Å²) in [7, 11) is 0. The second-order valence-corrected chi connectivity index (χ2v) is 6.50. The van der Waals surface area contributed by atoms with Gasteiger partial charge in [-0.25, -0.2) is 4.98 Å². The summed E-state index contributed by atoms with van der Waals surface area (Å²) in [5.74, 6) is 0.428. The predicted molar refractivity (Wildman–Crippen MR) is 101 cm³/mol. The van der Waals surface area contributed by atoms with Crippen molar-refractivity contribution >= 4 is 21.7 Å². The number of rotatable bonds is 5. The maximum Gasteiger partial charge on any atom is 0.232 e. The number of pyridine rings is 1. The molecule has 0 saturated carbocycles. The van der Waals surface area contributed by atoms with Crippen LogP contribution in [-0.4, -0.2) is 49.3 Å². The van der Waals surface area contributed by atoms with Crippen molar-refractivity contribution in [3.8, 4) is 11.9 Å². The van der Waals surface area contributed by atoms with E-state index in [0.717, 1.165) is 60.9 Å². The highest BCUT2D eigenvalue weighted by Gasteiger charge is 2.11. The van der Waals surface area contributed by atoms with E-state index in [2.05, 4.69) is 34.2 Å². The van der Waals surface area contributed by atoms with Crippen LogP contribution in [0.3, 0.4) is 0 Å². The number of ether oxygens (including phenoxy) is 2. The van der Waals surface area contributed by atoms with E-state index in [4.69, 9.17) is 9.47 Å². The predicted octanol–water partition coefficient (Wildman–Crippen LogP) is 3.36. The first-order valence-electron chi connectivity index (χ1n) is 9.00. The molecule has 1 aromatic heterocycles. The molecule has 0 bridgehead atoms. The van der Waals surface area contributed by atoms with E-state index < -0.39 is 0 Å². The quantitative estimate of drug-likeness (QED) is 0.523. The first kappa shape index (κ1) is 16.8. The van der Waals surface area contributed by atoms with E-state index in [9.17, 15) is 5.26 Å². The number of hydrogen-bond acceptors (Lipinski definition) is 5. The van der Waals surface area contributed by atoms with Crippen molar-refractivity contribution in [3.63, 3.8) is 0 Å². The molecule has 5 heteroatoms. The maximum absolute atomic E-state index is 9.46. The van der Waals surface area contributed by atoms with Gasteiger partial charge in [0.2, 0.25) is 5.88 Å². The highest BCUT2D eigenvalue weighted by molar-refractivity contribution is 5.97. The van der Waals surface area contributed by atoms with Crippen LogP contribution in [-0.2, 0) is 4.74 Å². The van der Waals surface area contributed by atoms with E-state index in [1.54, 1.807) is 0 Å². The van der Waals surface area contributed by atoms with Crippen LogP contribution in [0.4, 0.5) is 0 Å². The zero-order chi connectivity index (χ0) is 17.8. The molecular weight excluding hydrogens is 326 g/mol. The van der Waals surface area contributed by atoms with Crippen molar-refractivity contribution in [2.45, 2.75) is 6.42 Å². The van der Waals surface area contributed by atoms with E-state index in [0.29, 0.717) is 18.1 Å². The summed E-state index contributed by atoms with van der Waals surface area (Å²) in [6.07, 6.45) is 0.905. The van der Waals surface area contributed by atoms with Crippen LogP contribution in [0.25, 0.3) is 21.7 Å². The Hall–Kier alpha value is -2.68. The number of nitriles is 1. The number of fused-ring (bicyclic) bond motifs is 2. The summed E-state index contributed by atoms with van der Waals surface area (Å²) in [5, 5.41) is 12.7. The smallest absolute Gasteiger partial charge is 0.232 e. The normalized spacial score (nSPS) is 15.2. The van der Waals surface area contributed by atoms with Gasteiger partial charge in [0.15, 0.2) is 0 Å². The second-order valence-electron chi connectivity index (χ2n) is 6.50. The average Bonchev–Trinajstić information content (AvgIpc) is 2.70. The number of aromatic nitrogens is 1. The molecule has 132 valence electrons. The molecule has 0 radical (unpaired) electrons. The van der Waals surface area contributed by atoms with Gasteiger partial charge in [-0.3, -0.25) is 4.90 Å². The van der Waals surface area contributed by atoms with E-state index in [-0.39, 0.29) is 0 Å². The Balaban J connectivity index is 1.50. The Labute approximate surface area is 152 Å². The van der Waals surface area contributed by atoms with Crippen LogP contribution in [0, 0.1) is 11.3 Å². The third kappa shape index (κ3) is 3.62. The molecule has 2 heterocycles. The molecule has 4 rings (SSSR count). The van der Waals surface area contributed by atoms with Crippen molar-refractivity contribution < 1.29 is 9.47 Å². The van der Waals surface area contributed by atoms with Gasteiger partial charge in [-0.15, -0.1) is 0 Å². The first-order chi connectivity index (χ1) is 12.8. The van der Waals surface area contributed by atoms with Crippen molar-refractivity contribution in [1.29, 1.82) is 5.26 Å². The molecule has 3 aromatic rings. The summed E-state index contributed by atoms with van der Waals surface area (Å²) < 4.78 is 11.2. The van der Waals surface area contributed by atoms with Crippen LogP contribution in [0.5, 0.6) is 5.88 Å². The van der Waals surface area contributed by atoms with Gasteiger partial charge in [0.05, 0.1) is 25.3 Å². The van der Waals surface area contributed by atoms with Crippen LogP contribution < -0.4 is 4.74 Å². The molecule has 0 unspecified atom stereocenters. The Morgan fingerprint density at radius 2 is 1.85 bits per heavy atom. The molecule has 0 spiro atoms. The largest absolute Gasteiger partial charge is 0.477 e. The molecule has 2 aromatic carbocycles. The molecule has 1 aliphatic heterocycles. The monoisotopic (exact) mass is 347 g/mol. The van der Waals surface area contributed by atoms with Gasteiger partial charge in [0.1, 0.15) is 11.6 Å². The van der Waals surface area contributed by atoms with Crippen molar-refractivity contribution in [2.24, 2.45) is 0 Å². The molecule has 1 fully saturated rings. The van der Waals surface area contributed by atoms with Crippen LogP contribution in [0.15, 0.2) is 42.5 Å². The van der Waals surface area contributed by atoms with Crippen LogP contribution in [0.2, 0.25) is 0 Å². The molecule has 1 saturated heterocycles. The minimum atomic E-state index is 0.428. The summed E-state index contributed by atoms with van der Waals surface area (Å²) >= 11 is 0. The minimum Gasteiger partial charge on any atom is -0.477 e. The Morgan fingerprint density at radius 3 is 2.62 bits per heavy atom. The topological polar surface area (TPSA) is 58.4 Å². The average molecular weight is 347 g/mol. The molecule has 5 nitrogen and oxygen atoms in total. The minimum absolute atomic E-state index is 0.428. The lowest BCUT2D eigenvalue weighted by molar-refractivity contribution is 0.0357. The lowest BCUT2D eigenvalue weighted by Crippen LogP contribution is -2.37. The lowest BCUT2D eigenvalue weighted by atomic mass is 10.1. The molecule has 26 heavy (non-hydrogen) atoms. The molecule has 0 amide bonds. The number of hydrogen-bond donors (Lipinski definition) is 0. The van der Waals surface area contributed by atoms with Gasteiger partial charge in [-0.05, 0) is 35.4 Å². The number of benzene rings is 2. The fraction of sp³-hybridized carbons (Fsp3) is 0.333. The highest BCUT2D eigenvalue weighted by atomic mass is 16.5. The van der Waals surface area contributed by atoms with Gasteiger partial charge in [-0.1, -0.05) is 24.3 Å². The third-order valence-electron chi connectivity index (χ3n) is 4.73. The van der Waals surface area contributed by atoms with Crippen LogP contribution in [0.1, 0.15) is 12.0 Å². The van der Waals surface area contributed by atoms with Crippen molar-refractivity contribution in [1.82, 2.24) is 9.88 Å². The Kier molecular flexibility index (Phi) is 4.96. The van der Waals surface area contributed by atoms with E-state index in [1.165, 1.54) is 0 Å². The third-order valence-corrected chi connectivity index (χ3v) is 4.73. The number of morpholine rings is 1. The van der Waals surface area contributed by atoms with Gasteiger partial charge in [0.25, 0.3) is 0 Å². The lowest BCUT2D eigenvalue weighted by Gasteiger charge is -2.26. The Bertz CT molecular complexity index is 959. The first-order valence-corrected chi connectivity index (χ1v) is 9.00. The van der Waals surface area contributed by atoms with Gasteiger partial charge in [-0.2, -0.15) is 5.26 Å².